The zero-order chi connectivity index (χ0) is 17.4. The molecule has 1 aromatic rings. The lowest BCUT2D eigenvalue weighted by Crippen LogP contribution is -2.41. The number of hydrogen-bond acceptors (Lipinski definition) is 5. The number of rotatable bonds is 3. The molecule has 1 N–H and O–H groups in total. The monoisotopic (exact) mass is 348 g/mol. The molecule has 0 unspecified atom stereocenters. The molecule has 1 aromatic heterocycles. The highest BCUT2D eigenvalue weighted by molar-refractivity contribution is 5.74. The fourth-order valence-corrected chi connectivity index (χ4v) is 3.67. The second-order valence-electron chi connectivity index (χ2n) is 7.40. The molecule has 4 rings (SSSR count). The molecule has 3 fully saturated rings. The molecule has 3 amide bonds. The standard InChI is InChI=1S/C17H24N4O4/c1-20-11-17(24-16(20)23)5-2-7-21(8-6-17)15(22)18-10-13-9-14(25-19-13)12-3-4-12/h9,12H,2-8,10-11H2,1H3,(H,18,22)/t17-/m1/s1. The summed E-state index contributed by atoms with van der Waals surface area (Å²) in [6.07, 6.45) is 4.35. The normalized spacial score (nSPS) is 26.7. The van der Waals surface area contributed by atoms with E-state index in [-0.39, 0.29) is 12.1 Å². The van der Waals surface area contributed by atoms with Crippen LogP contribution in [0.3, 0.4) is 0 Å². The van der Waals surface area contributed by atoms with Crippen LogP contribution in [0.2, 0.25) is 0 Å². The third kappa shape index (κ3) is 3.43. The fraction of sp³-hybridized carbons (Fsp3) is 0.706. The average Bonchev–Trinajstić information content (AvgIpc) is 3.30. The molecule has 1 aliphatic carbocycles. The summed E-state index contributed by atoms with van der Waals surface area (Å²) < 4.78 is 10.9. The Morgan fingerprint density at radius 3 is 2.96 bits per heavy atom. The lowest BCUT2D eigenvalue weighted by Gasteiger charge is -2.25. The Morgan fingerprint density at radius 1 is 1.40 bits per heavy atom. The molecule has 2 saturated heterocycles. The number of carbonyl (C=O) groups excluding carboxylic acids is 2. The van der Waals surface area contributed by atoms with Gasteiger partial charge in [-0.15, -0.1) is 0 Å². The summed E-state index contributed by atoms with van der Waals surface area (Å²) in [5.74, 6) is 1.44. The van der Waals surface area contributed by atoms with Crippen molar-refractivity contribution in [2.24, 2.45) is 0 Å². The Morgan fingerprint density at radius 2 is 2.24 bits per heavy atom. The largest absolute Gasteiger partial charge is 0.441 e. The Kier molecular flexibility index (Phi) is 4.05. The molecular formula is C17H24N4O4. The van der Waals surface area contributed by atoms with E-state index in [2.05, 4.69) is 10.5 Å². The van der Waals surface area contributed by atoms with Gasteiger partial charge in [-0.3, -0.25) is 0 Å². The Hall–Kier alpha value is -2.25. The maximum atomic E-state index is 12.4. The van der Waals surface area contributed by atoms with E-state index in [1.54, 1.807) is 16.8 Å². The lowest BCUT2D eigenvalue weighted by molar-refractivity contribution is 0.0453. The molecular weight excluding hydrogens is 324 g/mol. The average molecular weight is 348 g/mol. The summed E-state index contributed by atoms with van der Waals surface area (Å²) in [5.41, 5.74) is 0.319. The summed E-state index contributed by atoms with van der Waals surface area (Å²) >= 11 is 0. The molecule has 3 heterocycles. The molecule has 1 spiro atoms. The van der Waals surface area contributed by atoms with Gasteiger partial charge >= 0.3 is 12.1 Å². The van der Waals surface area contributed by atoms with E-state index in [1.807, 2.05) is 6.07 Å². The van der Waals surface area contributed by atoms with Crippen molar-refractivity contribution in [3.8, 4) is 0 Å². The number of carbonyl (C=O) groups is 2. The van der Waals surface area contributed by atoms with Crippen LogP contribution in [0.4, 0.5) is 9.59 Å². The number of ether oxygens (including phenoxy) is 1. The van der Waals surface area contributed by atoms with Crippen molar-refractivity contribution in [2.75, 3.05) is 26.7 Å². The van der Waals surface area contributed by atoms with Gasteiger partial charge in [0.05, 0.1) is 13.1 Å². The van der Waals surface area contributed by atoms with Crippen LogP contribution < -0.4 is 5.32 Å². The van der Waals surface area contributed by atoms with E-state index < -0.39 is 5.60 Å². The van der Waals surface area contributed by atoms with Crippen molar-refractivity contribution in [3.05, 3.63) is 17.5 Å². The summed E-state index contributed by atoms with van der Waals surface area (Å²) in [7, 11) is 1.75. The minimum absolute atomic E-state index is 0.106. The van der Waals surface area contributed by atoms with Gasteiger partial charge in [0.15, 0.2) is 0 Å². The number of likely N-dealkylation sites (N-methyl/N-ethyl adjacent to an activating group) is 1. The number of urea groups is 1. The zero-order valence-electron chi connectivity index (χ0n) is 14.5. The topological polar surface area (TPSA) is 87.9 Å². The molecule has 1 atom stereocenters. The smallest absolute Gasteiger partial charge is 0.410 e. The fourth-order valence-electron chi connectivity index (χ4n) is 3.67. The van der Waals surface area contributed by atoms with Gasteiger partial charge in [-0.1, -0.05) is 5.16 Å². The molecule has 8 heteroatoms. The summed E-state index contributed by atoms with van der Waals surface area (Å²) in [6, 6.07) is 1.83. The van der Waals surface area contributed by atoms with Gasteiger partial charge in [0.2, 0.25) is 0 Å². The molecule has 0 bridgehead atoms. The molecule has 25 heavy (non-hydrogen) atoms. The van der Waals surface area contributed by atoms with Gasteiger partial charge in [-0.05, 0) is 25.7 Å². The lowest BCUT2D eigenvalue weighted by atomic mass is 9.95. The van der Waals surface area contributed by atoms with Crippen molar-refractivity contribution in [1.82, 2.24) is 20.3 Å². The van der Waals surface area contributed by atoms with Crippen molar-refractivity contribution >= 4 is 12.1 Å². The van der Waals surface area contributed by atoms with Gasteiger partial charge in [0, 0.05) is 38.5 Å². The summed E-state index contributed by atoms with van der Waals surface area (Å²) in [4.78, 5) is 27.5. The van der Waals surface area contributed by atoms with Crippen molar-refractivity contribution in [3.63, 3.8) is 0 Å². The predicted molar refractivity (Wildman–Crippen MR) is 88.0 cm³/mol. The van der Waals surface area contributed by atoms with E-state index in [9.17, 15) is 9.59 Å². The third-order valence-electron chi connectivity index (χ3n) is 5.30. The van der Waals surface area contributed by atoms with Gasteiger partial charge in [-0.2, -0.15) is 0 Å². The first-order valence-corrected chi connectivity index (χ1v) is 8.97. The van der Waals surface area contributed by atoms with Crippen molar-refractivity contribution in [2.45, 2.75) is 50.2 Å². The second kappa shape index (κ2) is 6.24. The predicted octanol–water partition coefficient (Wildman–Crippen LogP) is 2.07. The molecule has 0 aromatic carbocycles. The maximum Gasteiger partial charge on any atom is 0.410 e. The van der Waals surface area contributed by atoms with Crippen LogP contribution in [0.15, 0.2) is 10.6 Å². The van der Waals surface area contributed by atoms with E-state index >= 15 is 0 Å². The van der Waals surface area contributed by atoms with Crippen LogP contribution in [-0.2, 0) is 11.3 Å². The molecule has 8 nitrogen and oxygen atoms in total. The van der Waals surface area contributed by atoms with Crippen LogP contribution in [0.5, 0.6) is 0 Å². The first-order chi connectivity index (χ1) is 12.0. The molecule has 136 valence electrons. The van der Waals surface area contributed by atoms with E-state index in [1.165, 1.54) is 0 Å². The summed E-state index contributed by atoms with van der Waals surface area (Å²) in [6.45, 7) is 2.22. The maximum absolute atomic E-state index is 12.4. The second-order valence-corrected chi connectivity index (χ2v) is 7.40. The number of likely N-dealkylation sites (tertiary alicyclic amines) is 1. The van der Waals surface area contributed by atoms with Gasteiger partial charge < -0.3 is 24.4 Å². The quantitative estimate of drug-likeness (QED) is 0.903. The SMILES string of the molecule is CN1C[C@]2(CCCN(C(=O)NCc3cc(C4CC4)on3)CC2)OC1=O. The highest BCUT2D eigenvalue weighted by Gasteiger charge is 2.44. The van der Waals surface area contributed by atoms with E-state index in [0.717, 1.165) is 37.1 Å². The molecule has 3 aliphatic rings. The zero-order valence-corrected chi connectivity index (χ0v) is 14.5. The first kappa shape index (κ1) is 16.2. The molecule has 2 aliphatic heterocycles. The van der Waals surface area contributed by atoms with Crippen LogP contribution in [0.25, 0.3) is 0 Å². The first-order valence-electron chi connectivity index (χ1n) is 8.97. The Bertz CT molecular complexity index is 671. The van der Waals surface area contributed by atoms with Gasteiger partial charge in [-0.25, -0.2) is 9.59 Å². The van der Waals surface area contributed by atoms with Crippen LogP contribution in [0.1, 0.15) is 49.5 Å². The number of hydrogen-bond donors (Lipinski definition) is 1. The minimum Gasteiger partial charge on any atom is -0.441 e. The van der Waals surface area contributed by atoms with Gasteiger partial charge in [0.25, 0.3) is 0 Å². The Balaban J connectivity index is 1.29. The summed E-state index contributed by atoms with van der Waals surface area (Å²) in [5, 5.41) is 6.93. The highest BCUT2D eigenvalue weighted by Crippen LogP contribution is 2.40. The van der Waals surface area contributed by atoms with Crippen molar-refractivity contribution < 1.29 is 18.8 Å². The number of aromatic nitrogens is 1. The van der Waals surface area contributed by atoms with E-state index in [4.69, 9.17) is 9.26 Å². The van der Waals surface area contributed by atoms with Crippen LogP contribution in [-0.4, -0.2) is 59.4 Å². The van der Waals surface area contributed by atoms with Crippen molar-refractivity contribution in [1.29, 1.82) is 0 Å². The van der Waals surface area contributed by atoms with Crippen LogP contribution >= 0.6 is 0 Å². The third-order valence-corrected chi connectivity index (χ3v) is 5.30. The molecule has 0 radical (unpaired) electrons. The Labute approximate surface area is 146 Å². The van der Waals surface area contributed by atoms with E-state index in [0.29, 0.717) is 38.5 Å². The number of amides is 3. The number of nitrogens with zero attached hydrogens (tertiary/aromatic N) is 3. The highest BCUT2D eigenvalue weighted by atomic mass is 16.6. The van der Waals surface area contributed by atoms with Gasteiger partial charge in [0.1, 0.15) is 17.1 Å². The minimum atomic E-state index is -0.438. The number of nitrogens with one attached hydrogen (secondary N) is 1. The van der Waals surface area contributed by atoms with Crippen LogP contribution in [0, 0.1) is 0 Å². The molecule has 1 saturated carbocycles.